The zero-order chi connectivity index (χ0) is 24.6. The van der Waals surface area contributed by atoms with Crippen LogP contribution in [-0.2, 0) is 21.4 Å². The van der Waals surface area contributed by atoms with Crippen molar-refractivity contribution < 1.29 is 22.0 Å². The molecule has 2 aromatic carbocycles. The molecule has 0 radical (unpaired) electrons. The number of thiazole rings is 1. The van der Waals surface area contributed by atoms with Crippen molar-refractivity contribution in [1.29, 1.82) is 0 Å². The number of pyridine rings is 1. The number of hydrogen-bond acceptors (Lipinski definition) is 6. The van der Waals surface area contributed by atoms with Gasteiger partial charge in [0, 0.05) is 12.7 Å². The van der Waals surface area contributed by atoms with E-state index in [0.29, 0.717) is 33.9 Å². The van der Waals surface area contributed by atoms with Crippen LogP contribution in [0.2, 0.25) is 0 Å². The Morgan fingerprint density at radius 1 is 1.09 bits per heavy atom. The van der Waals surface area contributed by atoms with Crippen molar-refractivity contribution in [3.63, 3.8) is 0 Å². The first kappa shape index (κ1) is 23.5. The van der Waals surface area contributed by atoms with Crippen LogP contribution in [0.1, 0.15) is 18.5 Å². The Morgan fingerprint density at radius 3 is 2.60 bits per heavy atom. The molecule has 1 unspecified atom stereocenters. The molecule has 11 heteroatoms. The molecule has 0 spiro atoms. The minimum absolute atomic E-state index is 0.0723. The Kier molecular flexibility index (Phi) is 6.30. The van der Waals surface area contributed by atoms with E-state index in [1.54, 1.807) is 24.4 Å². The number of anilines is 1. The fraction of sp³-hybridized carbons (Fsp3) is 0.208. The third kappa shape index (κ3) is 4.66. The van der Waals surface area contributed by atoms with Crippen LogP contribution in [0.5, 0.6) is 0 Å². The molecule has 180 valence electrons. The fourth-order valence-corrected chi connectivity index (χ4v) is 6.74. The van der Waals surface area contributed by atoms with Crippen molar-refractivity contribution in [2.75, 3.05) is 11.4 Å². The summed E-state index contributed by atoms with van der Waals surface area (Å²) < 4.78 is 55.5. The molecule has 1 amide bonds. The summed E-state index contributed by atoms with van der Waals surface area (Å²) in [6.45, 7) is 0.238. The van der Waals surface area contributed by atoms with Gasteiger partial charge in [-0.25, -0.2) is 22.2 Å². The average molecular weight is 515 g/mol. The van der Waals surface area contributed by atoms with Gasteiger partial charge >= 0.3 is 0 Å². The summed E-state index contributed by atoms with van der Waals surface area (Å²) in [7, 11) is -4.03. The van der Waals surface area contributed by atoms with Crippen LogP contribution in [0.15, 0.2) is 71.8 Å². The van der Waals surface area contributed by atoms with Gasteiger partial charge in [0.25, 0.3) is 0 Å². The smallest absolute Gasteiger partial charge is 0.247 e. The highest BCUT2D eigenvalue weighted by Gasteiger charge is 2.42. The zero-order valence-electron chi connectivity index (χ0n) is 18.3. The Labute approximate surface area is 204 Å². The van der Waals surface area contributed by atoms with Crippen LogP contribution in [0.3, 0.4) is 0 Å². The highest BCUT2D eigenvalue weighted by atomic mass is 32.2. The summed E-state index contributed by atoms with van der Waals surface area (Å²) in [5.41, 5.74) is 1.13. The summed E-state index contributed by atoms with van der Waals surface area (Å²) >= 11 is 1.15. The largest absolute Gasteiger partial charge is 0.281 e. The molecule has 3 heterocycles. The highest BCUT2D eigenvalue weighted by Crippen LogP contribution is 2.33. The standard InChI is InChI=1S/C24H20F2N4O3S2/c25-16-6-9-19(10-7-16)35(32,33)30-13-3-5-21(30)23(31)29(15-18-4-1-2-12-27-18)24-28-20-11-8-17(26)14-22(20)34-24/h1-2,4,6-12,14,21H,3,5,13,15H2. The lowest BCUT2D eigenvalue weighted by Crippen LogP contribution is -2.47. The second-order valence-electron chi connectivity index (χ2n) is 8.08. The van der Waals surface area contributed by atoms with Crippen molar-refractivity contribution in [2.45, 2.75) is 30.3 Å². The van der Waals surface area contributed by atoms with Gasteiger partial charge in [0.05, 0.1) is 27.4 Å². The summed E-state index contributed by atoms with van der Waals surface area (Å²) in [6.07, 6.45) is 2.43. The van der Waals surface area contributed by atoms with E-state index in [4.69, 9.17) is 0 Å². The van der Waals surface area contributed by atoms with Crippen LogP contribution in [0.4, 0.5) is 13.9 Å². The van der Waals surface area contributed by atoms with Gasteiger partial charge in [-0.2, -0.15) is 4.31 Å². The molecular weight excluding hydrogens is 494 g/mol. The van der Waals surface area contributed by atoms with E-state index in [9.17, 15) is 22.0 Å². The molecule has 4 aromatic rings. The lowest BCUT2D eigenvalue weighted by molar-refractivity contribution is -0.121. The third-order valence-electron chi connectivity index (χ3n) is 5.79. The van der Waals surface area contributed by atoms with E-state index < -0.39 is 33.6 Å². The minimum Gasteiger partial charge on any atom is -0.281 e. The number of sulfonamides is 1. The van der Waals surface area contributed by atoms with Gasteiger partial charge in [-0.05, 0) is 67.4 Å². The summed E-state index contributed by atoms with van der Waals surface area (Å²) in [5.74, 6) is -1.41. The molecule has 0 aliphatic carbocycles. The number of rotatable bonds is 6. The van der Waals surface area contributed by atoms with Crippen molar-refractivity contribution in [3.8, 4) is 0 Å². The number of fused-ring (bicyclic) bond motifs is 1. The number of carbonyl (C=O) groups is 1. The molecule has 1 atom stereocenters. The van der Waals surface area contributed by atoms with Gasteiger partial charge in [0.2, 0.25) is 15.9 Å². The second kappa shape index (κ2) is 9.40. The average Bonchev–Trinajstić information content (AvgIpc) is 3.50. The SMILES string of the molecule is O=C(C1CCCN1S(=O)(=O)c1ccc(F)cc1)N(Cc1ccccn1)c1nc2ccc(F)cc2s1. The summed E-state index contributed by atoms with van der Waals surface area (Å²) in [5, 5.41) is 0.326. The van der Waals surface area contributed by atoms with E-state index in [2.05, 4.69) is 9.97 Å². The lowest BCUT2D eigenvalue weighted by Gasteiger charge is -2.28. The quantitative estimate of drug-likeness (QED) is 0.382. The molecule has 1 saturated heterocycles. The molecule has 0 saturated carbocycles. The zero-order valence-corrected chi connectivity index (χ0v) is 20.0. The lowest BCUT2D eigenvalue weighted by atomic mass is 10.2. The molecule has 1 aliphatic heterocycles. The Bertz CT molecular complexity index is 1480. The molecular formula is C24H20F2N4O3S2. The van der Waals surface area contributed by atoms with Crippen LogP contribution in [-0.4, -0.2) is 41.2 Å². The molecule has 2 aromatic heterocycles. The molecule has 1 fully saturated rings. The maximum absolute atomic E-state index is 13.9. The molecule has 35 heavy (non-hydrogen) atoms. The normalized spacial score (nSPS) is 16.6. The first-order valence-electron chi connectivity index (χ1n) is 10.9. The number of nitrogens with zero attached hydrogens (tertiary/aromatic N) is 4. The number of hydrogen-bond donors (Lipinski definition) is 0. The number of amides is 1. The number of aromatic nitrogens is 2. The van der Waals surface area contributed by atoms with Crippen molar-refractivity contribution in [2.24, 2.45) is 0 Å². The molecule has 1 aliphatic rings. The topological polar surface area (TPSA) is 83.5 Å². The Morgan fingerprint density at radius 2 is 1.86 bits per heavy atom. The monoisotopic (exact) mass is 514 g/mol. The molecule has 7 nitrogen and oxygen atoms in total. The fourth-order valence-electron chi connectivity index (χ4n) is 4.09. The minimum atomic E-state index is -4.03. The van der Waals surface area contributed by atoms with Gasteiger partial charge in [0.15, 0.2) is 5.13 Å². The second-order valence-corrected chi connectivity index (χ2v) is 11.0. The molecule has 0 bridgehead atoms. The van der Waals surface area contributed by atoms with E-state index in [1.165, 1.54) is 39.5 Å². The van der Waals surface area contributed by atoms with E-state index in [0.717, 1.165) is 23.5 Å². The predicted octanol–water partition coefficient (Wildman–Crippen LogP) is 4.36. The summed E-state index contributed by atoms with van der Waals surface area (Å²) in [4.78, 5) is 24.0. The number of halogens is 2. The summed E-state index contributed by atoms with van der Waals surface area (Å²) in [6, 6.07) is 13.1. The maximum atomic E-state index is 13.9. The maximum Gasteiger partial charge on any atom is 0.247 e. The van der Waals surface area contributed by atoms with Gasteiger partial charge in [-0.15, -0.1) is 0 Å². The number of carbonyl (C=O) groups excluding carboxylic acids is 1. The third-order valence-corrected chi connectivity index (χ3v) is 8.75. The van der Waals surface area contributed by atoms with E-state index in [-0.39, 0.29) is 18.0 Å². The van der Waals surface area contributed by atoms with Crippen molar-refractivity contribution in [1.82, 2.24) is 14.3 Å². The Hall–Kier alpha value is -3.28. The van der Waals surface area contributed by atoms with Crippen molar-refractivity contribution in [3.05, 3.63) is 84.2 Å². The van der Waals surface area contributed by atoms with E-state index >= 15 is 0 Å². The van der Waals surface area contributed by atoms with Crippen LogP contribution in [0.25, 0.3) is 10.2 Å². The molecule has 0 N–H and O–H groups in total. The predicted molar refractivity (Wildman–Crippen MR) is 128 cm³/mol. The van der Waals surface area contributed by atoms with Gasteiger partial charge in [-0.3, -0.25) is 14.7 Å². The van der Waals surface area contributed by atoms with Gasteiger partial charge in [0.1, 0.15) is 17.7 Å². The van der Waals surface area contributed by atoms with Gasteiger partial charge < -0.3 is 0 Å². The van der Waals surface area contributed by atoms with Crippen LogP contribution >= 0.6 is 11.3 Å². The first-order chi connectivity index (χ1) is 16.8. The first-order valence-corrected chi connectivity index (χ1v) is 13.1. The Balaban J connectivity index is 1.52. The van der Waals surface area contributed by atoms with Crippen molar-refractivity contribution >= 4 is 42.6 Å². The van der Waals surface area contributed by atoms with Crippen LogP contribution < -0.4 is 4.90 Å². The van der Waals surface area contributed by atoms with E-state index in [1.807, 2.05) is 0 Å². The van der Waals surface area contributed by atoms with Crippen LogP contribution in [0, 0.1) is 11.6 Å². The number of benzene rings is 2. The van der Waals surface area contributed by atoms with Gasteiger partial charge in [-0.1, -0.05) is 17.4 Å². The molecule has 5 rings (SSSR count). The highest BCUT2D eigenvalue weighted by molar-refractivity contribution is 7.89.